The number of aromatic nitrogens is 3. The Hall–Kier alpha value is -6.86. The monoisotopic (exact) mass is 996 g/mol. The van der Waals surface area contributed by atoms with Crippen LogP contribution in [0.25, 0.3) is 0 Å². The summed E-state index contributed by atoms with van der Waals surface area (Å²) in [7, 11) is 4.99. The highest BCUT2D eigenvalue weighted by atomic mass is 35.5. The highest BCUT2D eigenvalue weighted by Gasteiger charge is 2.24. The maximum Gasteiger partial charge on any atom is 0.250 e. The van der Waals surface area contributed by atoms with Gasteiger partial charge in [-0.1, -0.05) is 12.1 Å². The van der Waals surface area contributed by atoms with Crippen molar-refractivity contribution >= 4 is 47.2 Å². The summed E-state index contributed by atoms with van der Waals surface area (Å²) in [5.41, 5.74) is 13.2. The van der Waals surface area contributed by atoms with Crippen molar-refractivity contribution in [1.29, 1.82) is 0 Å². The molecule has 70 heavy (non-hydrogen) atoms. The minimum Gasteiger partial charge on any atom is -0.399 e. The molecular weight excluding hydrogens is 936 g/mol. The average Bonchev–Trinajstić information content (AvgIpc) is 3.28. The van der Waals surface area contributed by atoms with Gasteiger partial charge >= 0.3 is 0 Å². The lowest BCUT2D eigenvalue weighted by molar-refractivity contribution is -0.134. The van der Waals surface area contributed by atoms with Crippen LogP contribution in [0.3, 0.4) is 0 Å². The van der Waals surface area contributed by atoms with Gasteiger partial charge in [-0.25, -0.2) is 17.6 Å². The molecule has 2 amide bonds. The standard InChI is InChI=1S/C20H22F2N2O2.C13H16N2O3.C6H5F2N.C6H8N2O.C5H9NO.ClH/c1-23-13-15(2-3-19(23)25)11-20(26)24-6-4-14(5-7-24)8-16-9-17(21)12-18(22)10-16;1-14-9-10(2-3-12(14)17)8-13(18)15-6-4-11(16)5-7-15;7-4-1-5(8)3-6(9)2-4;1-8-4-5(7)2-3-6(8)9;7-5-1-3-6-4-2-5;/h2-3,9-10,12-14H,4-8,11H2,1H3;2-3,9H,4-8H2,1H3;1-3H,9H2;2-4H,7H2,1H3;6H,1-4H2;1H. The third-order valence-corrected chi connectivity index (χ3v) is 11.2. The first kappa shape index (κ1) is 57.5. The third kappa shape index (κ3) is 20.4. The summed E-state index contributed by atoms with van der Waals surface area (Å²) in [5.74, 6) is -1.40. The topological polar surface area (TPSA) is 205 Å². The number of pyridine rings is 3. The summed E-state index contributed by atoms with van der Waals surface area (Å²) in [4.78, 5) is 82.8. The van der Waals surface area contributed by atoms with Crippen molar-refractivity contribution in [2.75, 3.05) is 50.7 Å². The minimum atomic E-state index is -0.646. The number of Topliss-reactive ketones (excluding diaryl/α,β-unsaturated/α-hetero) is 2. The van der Waals surface area contributed by atoms with E-state index < -0.39 is 23.3 Å². The fourth-order valence-corrected chi connectivity index (χ4v) is 7.43. The summed E-state index contributed by atoms with van der Waals surface area (Å²) in [6.07, 6.45) is 10.1. The molecule has 3 fully saturated rings. The van der Waals surface area contributed by atoms with Crippen molar-refractivity contribution in [2.24, 2.45) is 27.1 Å². The van der Waals surface area contributed by atoms with Gasteiger partial charge in [0.25, 0.3) is 0 Å². The van der Waals surface area contributed by atoms with Gasteiger partial charge in [0.1, 0.15) is 34.8 Å². The van der Waals surface area contributed by atoms with E-state index in [1.807, 2.05) is 4.90 Å². The lowest BCUT2D eigenvalue weighted by atomic mass is 9.90. The van der Waals surface area contributed by atoms with Crippen LogP contribution in [-0.2, 0) is 59.6 Å². The van der Waals surface area contributed by atoms with Gasteiger partial charge < -0.3 is 40.3 Å². The number of nitrogens with zero attached hydrogens (tertiary/aromatic N) is 5. The van der Waals surface area contributed by atoms with Crippen LogP contribution in [0.15, 0.2) is 106 Å². The molecule has 3 saturated heterocycles. The summed E-state index contributed by atoms with van der Waals surface area (Å²) >= 11 is 0. The number of piperidine rings is 3. The molecule has 5 N–H and O–H groups in total. The van der Waals surface area contributed by atoms with Gasteiger partial charge in [0.05, 0.1) is 12.8 Å². The van der Waals surface area contributed by atoms with Crippen LogP contribution in [0.4, 0.5) is 28.9 Å². The molecule has 0 saturated carbocycles. The molecule has 3 aliphatic rings. The molecule has 0 atom stereocenters. The smallest absolute Gasteiger partial charge is 0.250 e. The molecule has 0 unspecified atom stereocenters. The van der Waals surface area contributed by atoms with Gasteiger partial charge in [-0.2, -0.15) is 0 Å². The Balaban J connectivity index is 0.000000253. The molecule has 0 aliphatic carbocycles. The first-order valence-electron chi connectivity index (χ1n) is 22.4. The number of nitrogens with two attached hydrogens (primary N) is 2. The Morgan fingerprint density at radius 3 is 1.31 bits per heavy atom. The number of nitrogens with one attached hydrogen (secondary N) is 1. The number of hydrogen-bond donors (Lipinski definition) is 3. The highest BCUT2D eigenvalue weighted by molar-refractivity contribution is 5.85. The average molecular weight is 998 g/mol. The van der Waals surface area contributed by atoms with E-state index in [9.17, 15) is 51.1 Å². The van der Waals surface area contributed by atoms with E-state index in [1.54, 1.807) is 62.8 Å². The Kier molecular flexibility index (Phi) is 23.5. The molecule has 20 heteroatoms. The van der Waals surface area contributed by atoms with E-state index in [0.29, 0.717) is 68.4 Å². The molecule has 0 bridgehead atoms. The third-order valence-electron chi connectivity index (χ3n) is 11.2. The van der Waals surface area contributed by atoms with Crippen LogP contribution in [0.1, 0.15) is 55.2 Å². The number of carbonyl (C=O) groups is 4. The van der Waals surface area contributed by atoms with Gasteiger partial charge in [0.15, 0.2) is 0 Å². The molecule has 15 nitrogen and oxygen atoms in total. The molecule has 8 rings (SSSR count). The number of likely N-dealkylation sites (tertiary alicyclic amines) is 2. The number of ketones is 2. The first-order chi connectivity index (χ1) is 32.7. The van der Waals surface area contributed by atoms with E-state index in [-0.39, 0.29) is 65.2 Å². The number of benzene rings is 2. The van der Waals surface area contributed by atoms with Crippen LogP contribution in [0, 0.1) is 29.2 Å². The number of aryl methyl sites for hydroxylation is 3. The largest absolute Gasteiger partial charge is 0.399 e. The quantitative estimate of drug-likeness (QED) is 0.158. The van der Waals surface area contributed by atoms with Crippen LogP contribution < -0.4 is 33.5 Å². The van der Waals surface area contributed by atoms with Crippen LogP contribution >= 0.6 is 12.4 Å². The maximum atomic E-state index is 13.3. The predicted molar refractivity (Wildman–Crippen MR) is 262 cm³/mol. The molecule has 6 heterocycles. The predicted octanol–water partition coefficient (Wildman–Crippen LogP) is 4.68. The molecular formula is C50H61ClF4N8O7. The second kappa shape index (κ2) is 28.6. The van der Waals surface area contributed by atoms with Crippen LogP contribution in [0.5, 0.6) is 0 Å². The second-order valence-electron chi connectivity index (χ2n) is 17.0. The van der Waals surface area contributed by atoms with Crippen molar-refractivity contribution in [2.45, 2.75) is 57.8 Å². The Bertz CT molecular complexity index is 2650. The Morgan fingerprint density at radius 1 is 0.529 bits per heavy atom. The van der Waals surface area contributed by atoms with Crippen LogP contribution in [-0.4, -0.2) is 86.2 Å². The minimum absolute atomic E-state index is 0. The van der Waals surface area contributed by atoms with Crippen molar-refractivity contribution < 1.29 is 36.7 Å². The molecule has 0 spiro atoms. The number of anilines is 2. The van der Waals surface area contributed by atoms with Gasteiger partial charge in [-0.05, 0) is 72.2 Å². The number of hydrogen-bond acceptors (Lipinski definition) is 10. The van der Waals surface area contributed by atoms with E-state index >= 15 is 0 Å². The number of carbonyl (C=O) groups excluding carboxylic acids is 4. The molecule has 5 aromatic rings. The summed E-state index contributed by atoms with van der Waals surface area (Å²) in [5, 5.41) is 3.09. The van der Waals surface area contributed by atoms with Gasteiger partial charge in [0, 0.05) is 146 Å². The first-order valence-corrected chi connectivity index (χ1v) is 22.4. The van der Waals surface area contributed by atoms with Crippen LogP contribution in [0.2, 0.25) is 0 Å². The lowest BCUT2D eigenvalue weighted by Crippen LogP contribution is -2.39. The number of nitrogen functional groups attached to an aromatic ring is 2. The normalized spacial score (nSPS) is 14.4. The number of halogens is 5. The van der Waals surface area contributed by atoms with Crippen molar-refractivity contribution in [3.8, 4) is 0 Å². The van der Waals surface area contributed by atoms with E-state index in [4.69, 9.17) is 11.5 Å². The van der Waals surface area contributed by atoms with Gasteiger partial charge in [-0.15, -0.1) is 12.4 Å². The SMILES string of the molecule is Cl.Cn1cc(CC(=O)N2CCC(=O)CC2)ccc1=O.Cn1cc(CC(=O)N2CCC(Cc3cc(F)cc(F)c3)CC2)ccc1=O.Cn1cc(N)ccc1=O.Nc1cc(F)cc(F)c1.O=C1CCNCC1. The molecule has 3 aromatic heterocycles. The van der Waals surface area contributed by atoms with Gasteiger partial charge in [-0.3, -0.25) is 33.6 Å². The highest BCUT2D eigenvalue weighted by Crippen LogP contribution is 2.23. The molecule has 2 aromatic carbocycles. The Labute approximate surface area is 409 Å². The number of rotatable bonds is 6. The van der Waals surface area contributed by atoms with Crippen molar-refractivity contribution in [1.82, 2.24) is 28.8 Å². The molecule has 378 valence electrons. The zero-order valence-electron chi connectivity index (χ0n) is 39.5. The van der Waals surface area contributed by atoms with Crippen molar-refractivity contribution in [3.63, 3.8) is 0 Å². The summed E-state index contributed by atoms with van der Waals surface area (Å²) in [6, 6.07) is 15.8. The summed E-state index contributed by atoms with van der Waals surface area (Å²) in [6.45, 7) is 4.10. The van der Waals surface area contributed by atoms with Crippen molar-refractivity contribution in [3.05, 3.63) is 162 Å². The fourth-order valence-electron chi connectivity index (χ4n) is 7.43. The molecule has 3 aliphatic heterocycles. The zero-order valence-corrected chi connectivity index (χ0v) is 40.3. The lowest BCUT2D eigenvalue weighted by Gasteiger charge is -2.32. The second-order valence-corrected chi connectivity index (χ2v) is 17.0. The maximum absolute atomic E-state index is 13.3. The number of amides is 2. The Morgan fingerprint density at radius 2 is 0.929 bits per heavy atom. The molecule has 0 radical (unpaired) electrons. The van der Waals surface area contributed by atoms with Gasteiger partial charge in [0.2, 0.25) is 28.5 Å². The van der Waals surface area contributed by atoms with E-state index in [0.717, 1.165) is 74.2 Å². The van der Waals surface area contributed by atoms with E-state index in [1.165, 1.54) is 44.0 Å². The van der Waals surface area contributed by atoms with E-state index in [2.05, 4.69) is 5.32 Å². The zero-order chi connectivity index (χ0) is 50.6. The fraction of sp³-hybridized carbons (Fsp3) is 0.380. The summed E-state index contributed by atoms with van der Waals surface area (Å²) < 4.78 is 55.2.